The second-order valence-electron chi connectivity index (χ2n) is 11.5. The van der Waals surface area contributed by atoms with Gasteiger partial charge in [0, 0.05) is 50.5 Å². The Balaban J connectivity index is 1.29. The highest BCUT2D eigenvalue weighted by Crippen LogP contribution is 2.38. The van der Waals surface area contributed by atoms with E-state index in [9.17, 15) is 13.2 Å². The fourth-order valence-electron chi connectivity index (χ4n) is 6.12. The molecule has 1 atom stereocenters. The molecule has 3 fully saturated rings. The molecule has 3 aliphatic rings. The number of anilines is 2. The number of sulfonamides is 1. The summed E-state index contributed by atoms with van der Waals surface area (Å²) >= 11 is 0. The molecule has 2 aromatic rings. The Kier molecular flexibility index (Phi) is 7.64. The summed E-state index contributed by atoms with van der Waals surface area (Å²) in [4.78, 5) is 29.0. The van der Waals surface area contributed by atoms with E-state index in [1.807, 2.05) is 6.07 Å². The molecule has 0 aromatic carbocycles. The maximum absolute atomic E-state index is 13.3. The fourth-order valence-corrected chi connectivity index (χ4v) is 7.05. The summed E-state index contributed by atoms with van der Waals surface area (Å²) in [7, 11) is -4.17. The van der Waals surface area contributed by atoms with Crippen molar-refractivity contribution < 1.29 is 13.2 Å². The smallest absolute Gasteiger partial charge is 0.281 e. The van der Waals surface area contributed by atoms with Crippen molar-refractivity contribution in [3.05, 3.63) is 42.1 Å². The summed E-state index contributed by atoms with van der Waals surface area (Å²) in [6, 6.07) is 8.93. The molecule has 2 saturated heterocycles. The number of nitrogens with zero attached hydrogens (tertiary/aromatic N) is 5. The molecule has 1 amide bonds. The molecule has 0 spiro atoms. The average Bonchev–Trinajstić information content (AvgIpc) is 3.20. The first kappa shape index (κ1) is 26.9. The van der Waals surface area contributed by atoms with Gasteiger partial charge in [0.15, 0.2) is 5.03 Å². The van der Waals surface area contributed by atoms with Crippen LogP contribution in [0.4, 0.5) is 11.6 Å². The fraction of sp³-hybridized carbons (Fsp3) is 0.607. The molecule has 5 rings (SSSR count). The highest BCUT2D eigenvalue weighted by atomic mass is 32.2. The van der Waals surface area contributed by atoms with Crippen LogP contribution in [-0.4, -0.2) is 73.5 Å². The third-order valence-electron chi connectivity index (χ3n) is 8.91. The molecule has 1 N–H and O–H groups in total. The maximum atomic E-state index is 13.3. The molecular weight excluding hydrogens is 500 g/mol. The van der Waals surface area contributed by atoms with Crippen molar-refractivity contribution >= 4 is 27.6 Å². The van der Waals surface area contributed by atoms with Gasteiger partial charge in [0.25, 0.3) is 15.9 Å². The van der Waals surface area contributed by atoms with E-state index in [1.54, 1.807) is 24.4 Å². The average molecular weight is 541 g/mol. The molecule has 10 heteroatoms. The molecule has 0 radical (unpaired) electrons. The van der Waals surface area contributed by atoms with Gasteiger partial charge < -0.3 is 9.80 Å². The van der Waals surface area contributed by atoms with Crippen molar-refractivity contribution in [1.82, 2.24) is 19.6 Å². The minimum atomic E-state index is -4.17. The second-order valence-corrected chi connectivity index (χ2v) is 13.1. The van der Waals surface area contributed by atoms with Crippen molar-refractivity contribution in [3.8, 4) is 0 Å². The standard InChI is InChI=1S/C28H40N6O3S/c1-21-14-16-34(28(21,2)3)26-23(11-8-15-29-26)27(35)31-38(36,37)25-13-7-12-24(30-25)33-19-17-32(18-20-33)22-9-5-4-6-10-22/h7-8,11-13,15,21-22H,4-6,9-10,14,16-20H2,1-3H3,(H,31,35). The van der Waals surface area contributed by atoms with Gasteiger partial charge in [0.05, 0.1) is 5.56 Å². The quantitative estimate of drug-likeness (QED) is 0.593. The Morgan fingerprint density at radius 2 is 1.71 bits per heavy atom. The van der Waals surface area contributed by atoms with E-state index in [-0.39, 0.29) is 16.1 Å². The summed E-state index contributed by atoms with van der Waals surface area (Å²) in [5.41, 5.74) is 0.0485. The summed E-state index contributed by atoms with van der Waals surface area (Å²) in [5, 5.41) is -0.154. The van der Waals surface area contributed by atoms with Gasteiger partial charge in [0.2, 0.25) is 0 Å². The van der Waals surface area contributed by atoms with Gasteiger partial charge in [-0.05, 0) is 63.3 Å². The van der Waals surface area contributed by atoms with Crippen LogP contribution in [0, 0.1) is 5.92 Å². The van der Waals surface area contributed by atoms with Crippen molar-refractivity contribution in [3.63, 3.8) is 0 Å². The van der Waals surface area contributed by atoms with Gasteiger partial charge in [-0.3, -0.25) is 9.69 Å². The van der Waals surface area contributed by atoms with E-state index < -0.39 is 15.9 Å². The lowest BCUT2D eigenvalue weighted by molar-refractivity contribution is 0.0981. The summed E-state index contributed by atoms with van der Waals surface area (Å²) in [6.07, 6.45) is 9.14. The van der Waals surface area contributed by atoms with Crippen LogP contribution in [0.1, 0.15) is 69.7 Å². The minimum Gasteiger partial charge on any atom is -0.354 e. The predicted octanol–water partition coefficient (Wildman–Crippen LogP) is 3.67. The van der Waals surface area contributed by atoms with E-state index in [2.05, 4.69) is 50.2 Å². The highest BCUT2D eigenvalue weighted by Gasteiger charge is 2.40. The topological polar surface area (TPSA) is 98.7 Å². The lowest BCUT2D eigenvalue weighted by atomic mass is 9.90. The van der Waals surface area contributed by atoms with E-state index in [0.717, 1.165) is 39.1 Å². The van der Waals surface area contributed by atoms with Gasteiger partial charge in [0.1, 0.15) is 11.6 Å². The Hall–Kier alpha value is -2.72. The molecule has 1 aliphatic carbocycles. The number of nitrogens with one attached hydrogen (secondary N) is 1. The monoisotopic (exact) mass is 540 g/mol. The van der Waals surface area contributed by atoms with Gasteiger partial charge in [-0.15, -0.1) is 0 Å². The zero-order valence-electron chi connectivity index (χ0n) is 22.8. The lowest BCUT2D eigenvalue weighted by Crippen LogP contribution is -2.51. The lowest BCUT2D eigenvalue weighted by Gasteiger charge is -2.41. The number of piperazine rings is 1. The number of carbonyl (C=O) groups is 1. The van der Waals surface area contributed by atoms with Crippen LogP contribution in [0.3, 0.4) is 0 Å². The highest BCUT2D eigenvalue weighted by molar-refractivity contribution is 7.90. The molecular formula is C28H40N6O3S. The number of carbonyl (C=O) groups excluding carboxylic acids is 1. The van der Waals surface area contributed by atoms with Crippen LogP contribution in [0.5, 0.6) is 0 Å². The largest absolute Gasteiger partial charge is 0.354 e. The number of hydrogen-bond donors (Lipinski definition) is 1. The normalized spacial score (nSPS) is 23.0. The zero-order valence-corrected chi connectivity index (χ0v) is 23.6. The van der Waals surface area contributed by atoms with Gasteiger partial charge in [-0.25, -0.2) is 14.7 Å². The third-order valence-corrected chi connectivity index (χ3v) is 10.1. The van der Waals surface area contributed by atoms with Crippen LogP contribution in [0.25, 0.3) is 0 Å². The van der Waals surface area contributed by atoms with Crippen molar-refractivity contribution in [2.75, 3.05) is 42.5 Å². The van der Waals surface area contributed by atoms with Gasteiger partial charge in [-0.1, -0.05) is 32.3 Å². The summed E-state index contributed by atoms with van der Waals surface area (Å²) < 4.78 is 28.8. The molecule has 38 heavy (non-hydrogen) atoms. The summed E-state index contributed by atoms with van der Waals surface area (Å²) in [6.45, 7) is 10.7. The van der Waals surface area contributed by atoms with E-state index in [4.69, 9.17) is 0 Å². The van der Waals surface area contributed by atoms with Gasteiger partial charge in [-0.2, -0.15) is 8.42 Å². The van der Waals surface area contributed by atoms with E-state index in [1.165, 1.54) is 38.2 Å². The molecule has 206 valence electrons. The number of rotatable bonds is 6. The Morgan fingerprint density at radius 3 is 2.39 bits per heavy atom. The molecule has 2 aromatic heterocycles. The van der Waals surface area contributed by atoms with Gasteiger partial charge >= 0.3 is 0 Å². The van der Waals surface area contributed by atoms with Crippen LogP contribution < -0.4 is 14.5 Å². The van der Waals surface area contributed by atoms with Crippen LogP contribution in [0.2, 0.25) is 0 Å². The third kappa shape index (κ3) is 5.38. The first-order chi connectivity index (χ1) is 18.2. The molecule has 1 saturated carbocycles. The first-order valence-corrected chi connectivity index (χ1v) is 15.4. The van der Waals surface area contributed by atoms with Crippen molar-refractivity contribution in [1.29, 1.82) is 0 Å². The Morgan fingerprint density at radius 1 is 0.974 bits per heavy atom. The maximum Gasteiger partial charge on any atom is 0.281 e. The predicted molar refractivity (Wildman–Crippen MR) is 149 cm³/mol. The van der Waals surface area contributed by atoms with Crippen molar-refractivity contribution in [2.24, 2.45) is 5.92 Å². The Labute approximate surface area is 226 Å². The Bertz CT molecular complexity index is 1250. The van der Waals surface area contributed by atoms with E-state index in [0.29, 0.717) is 23.6 Å². The number of aromatic nitrogens is 2. The zero-order chi connectivity index (χ0) is 26.9. The number of amides is 1. The SMILES string of the molecule is CC1CCN(c2ncccc2C(=O)NS(=O)(=O)c2cccc(N3CCN(C4CCCCC4)CC3)n2)C1(C)C. The second kappa shape index (κ2) is 10.8. The minimum absolute atomic E-state index is 0.154. The van der Waals surface area contributed by atoms with Crippen LogP contribution >= 0.6 is 0 Å². The summed E-state index contributed by atoms with van der Waals surface area (Å²) in [5.74, 6) is 0.850. The van der Waals surface area contributed by atoms with E-state index >= 15 is 0 Å². The van der Waals surface area contributed by atoms with Crippen molar-refractivity contribution in [2.45, 2.75) is 75.9 Å². The molecule has 0 bridgehead atoms. The molecule has 2 aliphatic heterocycles. The molecule has 9 nitrogen and oxygen atoms in total. The molecule has 4 heterocycles. The first-order valence-electron chi connectivity index (χ1n) is 13.9. The molecule has 1 unspecified atom stereocenters. The van der Waals surface area contributed by atoms with Crippen LogP contribution in [0.15, 0.2) is 41.6 Å². The van der Waals surface area contributed by atoms with Crippen LogP contribution in [-0.2, 0) is 10.0 Å². The number of pyridine rings is 2. The number of hydrogen-bond acceptors (Lipinski definition) is 8.